The largest absolute Gasteiger partial charge is 0.379 e. The lowest BCUT2D eigenvalue weighted by Crippen LogP contribution is -2.51. The second-order valence-electron chi connectivity index (χ2n) is 8.24. The van der Waals surface area contributed by atoms with Gasteiger partial charge in [-0.25, -0.2) is 0 Å². The van der Waals surface area contributed by atoms with Crippen LogP contribution in [0.25, 0.3) is 0 Å². The van der Waals surface area contributed by atoms with E-state index in [-0.39, 0.29) is 24.0 Å². The molecule has 170 valence electrons. The molecular formula is C23H40IN5O. The third-order valence-electron chi connectivity index (χ3n) is 5.93. The van der Waals surface area contributed by atoms with Crippen molar-refractivity contribution in [2.24, 2.45) is 4.99 Å². The molecule has 0 saturated carbocycles. The fourth-order valence-electron chi connectivity index (χ4n) is 4.23. The van der Waals surface area contributed by atoms with Crippen molar-refractivity contribution in [3.63, 3.8) is 0 Å². The van der Waals surface area contributed by atoms with Gasteiger partial charge < -0.3 is 15.4 Å². The molecule has 0 aromatic heterocycles. The van der Waals surface area contributed by atoms with Crippen molar-refractivity contribution in [3.8, 4) is 0 Å². The van der Waals surface area contributed by atoms with Crippen LogP contribution in [-0.2, 0) is 11.3 Å². The lowest BCUT2D eigenvalue weighted by molar-refractivity contribution is 0.0377. The fraction of sp³-hybridized carbons (Fsp3) is 0.696. The molecule has 1 aromatic carbocycles. The number of likely N-dealkylation sites (tertiary alicyclic amines) is 1. The topological polar surface area (TPSA) is 52.1 Å². The van der Waals surface area contributed by atoms with E-state index in [4.69, 9.17) is 9.73 Å². The Balaban J connectivity index is 0.00000320. The van der Waals surface area contributed by atoms with Crippen LogP contribution in [0.15, 0.2) is 35.3 Å². The van der Waals surface area contributed by atoms with Gasteiger partial charge in [-0.3, -0.25) is 14.8 Å². The van der Waals surface area contributed by atoms with E-state index < -0.39 is 0 Å². The summed E-state index contributed by atoms with van der Waals surface area (Å²) in [5.74, 6) is 0.975. The van der Waals surface area contributed by atoms with Crippen molar-refractivity contribution < 1.29 is 4.74 Å². The summed E-state index contributed by atoms with van der Waals surface area (Å²) in [7, 11) is 0. The SMILES string of the molecule is CCNC(=NCCCN1CCOCC1)NC1CCN(Cc2ccccc2)C(C)C1.I. The molecule has 2 aliphatic rings. The predicted molar refractivity (Wildman–Crippen MR) is 136 cm³/mol. The quantitative estimate of drug-likeness (QED) is 0.235. The van der Waals surface area contributed by atoms with Gasteiger partial charge in [-0.15, -0.1) is 24.0 Å². The predicted octanol–water partition coefficient (Wildman–Crippen LogP) is 2.93. The Morgan fingerprint density at radius 2 is 1.93 bits per heavy atom. The summed E-state index contributed by atoms with van der Waals surface area (Å²) in [5, 5.41) is 7.11. The maximum absolute atomic E-state index is 5.42. The fourth-order valence-corrected chi connectivity index (χ4v) is 4.23. The molecule has 0 radical (unpaired) electrons. The van der Waals surface area contributed by atoms with Crippen LogP contribution >= 0.6 is 24.0 Å². The summed E-state index contributed by atoms with van der Waals surface area (Å²) in [4.78, 5) is 9.90. The number of aliphatic imine (C=N–C) groups is 1. The molecule has 2 unspecified atom stereocenters. The van der Waals surface area contributed by atoms with Crippen molar-refractivity contribution in [3.05, 3.63) is 35.9 Å². The molecule has 0 aliphatic carbocycles. The van der Waals surface area contributed by atoms with E-state index in [0.29, 0.717) is 12.1 Å². The lowest BCUT2D eigenvalue weighted by atomic mass is 9.97. The first kappa shape index (κ1) is 25.4. The van der Waals surface area contributed by atoms with E-state index in [9.17, 15) is 0 Å². The highest BCUT2D eigenvalue weighted by atomic mass is 127. The van der Waals surface area contributed by atoms with Crippen LogP contribution in [0.5, 0.6) is 0 Å². The molecule has 6 nitrogen and oxygen atoms in total. The molecule has 7 heteroatoms. The van der Waals surface area contributed by atoms with Gasteiger partial charge in [0.2, 0.25) is 0 Å². The van der Waals surface area contributed by atoms with Gasteiger partial charge in [-0.1, -0.05) is 30.3 Å². The van der Waals surface area contributed by atoms with E-state index in [1.807, 2.05) is 0 Å². The minimum atomic E-state index is 0. The zero-order chi connectivity index (χ0) is 20.3. The van der Waals surface area contributed by atoms with Gasteiger partial charge in [-0.2, -0.15) is 0 Å². The Morgan fingerprint density at radius 3 is 2.63 bits per heavy atom. The summed E-state index contributed by atoms with van der Waals surface area (Å²) in [6, 6.07) is 11.9. The first-order chi connectivity index (χ1) is 14.2. The number of halogens is 1. The van der Waals surface area contributed by atoms with Gasteiger partial charge >= 0.3 is 0 Å². The standard InChI is InChI=1S/C23H39N5O.HI/c1-3-24-23(25-11-7-12-27-14-16-29-17-15-27)26-22-10-13-28(20(2)18-22)19-21-8-5-4-6-9-21;/h4-6,8-9,20,22H,3,7,10-19H2,1-2H3,(H2,24,25,26);1H. The van der Waals surface area contributed by atoms with Crippen molar-refractivity contribution in [1.29, 1.82) is 0 Å². The first-order valence-corrected chi connectivity index (χ1v) is 11.4. The van der Waals surface area contributed by atoms with Crippen molar-refractivity contribution >= 4 is 29.9 Å². The molecule has 2 fully saturated rings. The summed E-state index contributed by atoms with van der Waals surface area (Å²) < 4.78 is 5.42. The van der Waals surface area contributed by atoms with Crippen molar-refractivity contribution in [1.82, 2.24) is 20.4 Å². The van der Waals surface area contributed by atoms with Crippen molar-refractivity contribution in [2.75, 3.05) is 52.5 Å². The third-order valence-corrected chi connectivity index (χ3v) is 5.93. The molecular weight excluding hydrogens is 489 g/mol. The van der Waals surface area contributed by atoms with Crippen LogP contribution in [0, 0.1) is 0 Å². The van der Waals surface area contributed by atoms with Crippen LogP contribution in [0.3, 0.4) is 0 Å². The molecule has 0 spiro atoms. The summed E-state index contributed by atoms with van der Waals surface area (Å²) in [6.07, 6.45) is 3.42. The van der Waals surface area contributed by atoms with Crippen LogP contribution < -0.4 is 10.6 Å². The number of hydrogen-bond acceptors (Lipinski definition) is 4. The zero-order valence-electron chi connectivity index (χ0n) is 18.7. The van der Waals surface area contributed by atoms with Crippen LogP contribution in [0.2, 0.25) is 0 Å². The van der Waals surface area contributed by atoms with E-state index >= 15 is 0 Å². The molecule has 3 rings (SSSR count). The molecule has 0 bridgehead atoms. The second-order valence-corrected chi connectivity index (χ2v) is 8.24. The smallest absolute Gasteiger partial charge is 0.191 e. The Hall–Kier alpha value is -0.900. The average Bonchev–Trinajstić information content (AvgIpc) is 2.75. The number of nitrogens with zero attached hydrogens (tertiary/aromatic N) is 3. The molecule has 2 saturated heterocycles. The molecule has 2 N–H and O–H groups in total. The summed E-state index contributed by atoms with van der Waals surface area (Å²) >= 11 is 0. The van der Waals surface area contributed by atoms with Gasteiger partial charge in [0.05, 0.1) is 13.2 Å². The van der Waals surface area contributed by atoms with Gasteiger partial charge in [-0.05, 0) is 38.7 Å². The van der Waals surface area contributed by atoms with Gasteiger partial charge in [0.1, 0.15) is 0 Å². The number of ether oxygens (including phenoxy) is 1. The number of guanidine groups is 1. The first-order valence-electron chi connectivity index (χ1n) is 11.4. The molecule has 2 heterocycles. The lowest BCUT2D eigenvalue weighted by Gasteiger charge is -2.38. The number of morpholine rings is 1. The average molecular weight is 530 g/mol. The van der Waals surface area contributed by atoms with E-state index in [0.717, 1.165) is 84.2 Å². The van der Waals surface area contributed by atoms with E-state index in [2.05, 4.69) is 64.6 Å². The van der Waals surface area contributed by atoms with E-state index in [1.165, 1.54) is 5.56 Å². The van der Waals surface area contributed by atoms with Gasteiger partial charge in [0.15, 0.2) is 5.96 Å². The second kappa shape index (κ2) is 14.2. The minimum Gasteiger partial charge on any atom is -0.379 e. The van der Waals surface area contributed by atoms with Crippen LogP contribution in [-0.4, -0.2) is 80.3 Å². The highest BCUT2D eigenvalue weighted by molar-refractivity contribution is 14.0. The third kappa shape index (κ3) is 8.69. The monoisotopic (exact) mass is 529 g/mol. The number of nitrogens with one attached hydrogen (secondary N) is 2. The molecule has 2 atom stereocenters. The Morgan fingerprint density at radius 1 is 1.17 bits per heavy atom. The number of hydrogen-bond donors (Lipinski definition) is 2. The Bertz CT molecular complexity index is 609. The Kier molecular flexibility index (Phi) is 12.0. The van der Waals surface area contributed by atoms with Crippen LogP contribution in [0.4, 0.5) is 0 Å². The molecule has 0 amide bonds. The summed E-state index contributed by atoms with van der Waals surface area (Å²) in [5.41, 5.74) is 1.40. The zero-order valence-corrected chi connectivity index (χ0v) is 21.0. The number of piperidine rings is 1. The Labute approximate surface area is 199 Å². The minimum absolute atomic E-state index is 0. The molecule has 1 aromatic rings. The van der Waals surface area contributed by atoms with E-state index in [1.54, 1.807) is 0 Å². The van der Waals surface area contributed by atoms with Crippen molar-refractivity contribution in [2.45, 2.75) is 51.7 Å². The highest BCUT2D eigenvalue weighted by Gasteiger charge is 2.25. The normalized spacial score (nSPS) is 23.6. The van der Waals surface area contributed by atoms with Gasteiger partial charge in [0, 0.05) is 57.9 Å². The van der Waals surface area contributed by atoms with Gasteiger partial charge in [0.25, 0.3) is 0 Å². The van der Waals surface area contributed by atoms with Crippen LogP contribution in [0.1, 0.15) is 38.7 Å². The summed E-state index contributed by atoms with van der Waals surface area (Å²) in [6.45, 7) is 13.4. The number of benzene rings is 1. The maximum Gasteiger partial charge on any atom is 0.191 e. The number of rotatable bonds is 8. The maximum atomic E-state index is 5.42. The molecule has 2 aliphatic heterocycles. The highest BCUT2D eigenvalue weighted by Crippen LogP contribution is 2.19. The molecule has 30 heavy (non-hydrogen) atoms.